The molecule has 1 aliphatic rings. The Morgan fingerprint density at radius 3 is 2.82 bits per heavy atom. The number of aromatic nitrogens is 2. The summed E-state index contributed by atoms with van der Waals surface area (Å²) in [6.07, 6.45) is 0.0708. The van der Waals surface area contributed by atoms with Crippen LogP contribution in [0.3, 0.4) is 0 Å². The molecule has 0 unspecified atom stereocenters. The molecule has 0 amide bonds. The quantitative estimate of drug-likeness (QED) is 0.749. The summed E-state index contributed by atoms with van der Waals surface area (Å²) in [6, 6.07) is 5.45. The highest BCUT2D eigenvalue weighted by molar-refractivity contribution is 7.99. The second-order valence-corrected chi connectivity index (χ2v) is 5.50. The van der Waals surface area contributed by atoms with Crippen molar-refractivity contribution in [1.29, 1.82) is 0 Å². The van der Waals surface area contributed by atoms with E-state index in [9.17, 15) is 0 Å². The summed E-state index contributed by atoms with van der Waals surface area (Å²) in [5, 5.41) is 8.59. The molecule has 22 heavy (non-hydrogen) atoms. The van der Waals surface area contributed by atoms with Crippen molar-refractivity contribution in [3.05, 3.63) is 18.2 Å². The highest BCUT2D eigenvalue weighted by Gasteiger charge is 2.18. The standard InChI is InChI=1S/C14H16N2O5S/c1-17-11-4-3-9(5-12(11)18-2)13-15-16-14(21-13)22-7-10-6-19-8-20-10/h3-5,10H,6-8H2,1-2H3/t10-/m0/s1. The van der Waals surface area contributed by atoms with Gasteiger partial charge in [-0.05, 0) is 18.2 Å². The van der Waals surface area contributed by atoms with E-state index in [1.165, 1.54) is 11.8 Å². The van der Waals surface area contributed by atoms with Gasteiger partial charge < -0.3 is 23.4 Å². The molecule has 0 radical (unpaired) electrons. The first kappa shape index (κ1) is 15.1. The first-order valence-electron chi connectivity index (χ1n) is 6.68. The van der Waals surface area contributed by atoms with Gasteiger partial charge in [-0.3, -0.25) is 0 Å². The molecule has 2 aromatic rings. The Morgan fingerprint density at radius 1 is 1.23 bits per heavy atom. The maximum absolute atomic E-state index is 5.65. The van der Waals surface area contributed by atoms with Gasteiger partial charge >= 0.3 is 0 Å². The van der Waals surface area contributed by atoms with Gasteiger partial charge in [-0.1, -0.05) is 11.8 Å². The number of hydrogen-bond donors (Lipinski definition) is 0. The van der Waals surface area contributed by atoms with Crippen LogP contribution in [0.2, 0.25) is 0 Å². The Bertz CT molecular complexity index is 627. The van der Waals surface area contributed by atoms with Crippen LogP contribution in [-0.4, -0.2) is 49.7 Å². The zero-order valence-corrected chi connectivity index (χ0v) is 13.1. The van der Waals surface area contributed by atoms with Crippen LogP contribution in [0.1, 0.15) is 0 Å². The molecule has 1 aromatic carbocycles. The molecule has 3 rings (SSSR count). The summed E-state index contributed by atoms with van der Waals surface area (Å²) in [5.41, 5.74) is 0.775. The molecule has 2 heterocycles. The number of ether oxygens (including phenoxy) is 4. The molecule has 0 bridgehead atoms. The van der Waals surface area contributed by atoms with E-state index in [4.69, 9.17) is 23.4 Å². The summed E-state index contributed by atoms with van der Waals surface area (Å²) in [7, 11) is 3.17. The molecule has 0 N–H and O–H groups in total. The fourth-order valence-electron chi connectivity index (χ4n) is 1.99. The van der Waals surface area contributed by atoms with Crippen molar-refractivity contribution in [3.8, 4) is 23.0 Å². The molecule has 1 fully saturated rings. The minimum atomic E-state index is 0.0708. The van der Waals surface area contributed by atoms with E-state index in [0.717, 1.165) is 5.56 Å². The largest absolute Gasteiger partial charge is 0.493 e. The second-order valence-electron chi connectivity index (χ2n) is 4.53. The third kappa shape index (κ3) is 3.34. The van der Waals surface area contributed by atoms with Gasteiger partial charge in [0, 0.05) is 11.3 Å². The van der Waals surface area contributed by atoms with Gasteiger partial charge in [0.15, 0.2) is 11.5 Å². The first-order valence-corrected chi connectivity index (χ1v) is 7.66. The van der Waals surface area contributed by atoms with Crippen molar-refractivity contribution < 1.29 is 23.4 Å². The van der Waals surface area contributed by atoms with E-state index in [1.54, 1.807) is 26.4 Å². The number of hydrogen-bond acceptors (Lipinski definition) is 8. The van der Waals surface area contributed by atoms with E-state index in [-0.39, 0.29) is 6.10 Å². The van der Waals surface area contributed by atoms with Crippen LogP contribution in [-0.2, 0) is 9.47 Å². The molecule has 1 aliphatic heterocycles. The lowest BCUT2D eigenvalue weighted by molar-refractivity contribution is 0.0524. The minimum Gasteiger partial charge on any atom is -0.493 e. The van der Waals surface area contributed by atoms with Gasteiger partial charge in [0.1, 0.15) is 6.79 Å². The summed E-state index contributed by atoms with van der Waals surface area (Å²) >= 11 is 1.45. The monoisotopic (exact) mass is 324 g/mol. The van der Waals surface area contributed by atoms with E-state index in [0.29, 0.717) is 41.8 Å². The Balaban J connectivity index is 1.70. The van der Waals surface area contributed by atoms with Crippen molar-refractivity contribution in [2.24, 2.45) is 0 Å². The van der Waals surface area contributed by atoms with Crippen molar-refractivity contribution in [1.82, 2.24) is 10.2 Å². The summed E-state index contributed by atoms with van der Waals surface area (Å²) in [6.45, 7) is 0.954. The molecule has 8 heteroatoms. The third-order valence-corrected chi connectivity index (χ3v) is 4.07. The predicted octanol–water partition coefficient (Wildman–Crippen LogP) is 2.22. The Labute approximate surface area is 131 Å². The van der Waals surface area contributed by atoms with Crippen LogP contribution in [0.4, 0.5) is 0 Å². The minimum absolute atomic E-state index is 0.0708. The number of rotatable bonds is 6. The average molecular weight is 324 g/mol. The van der Waals surface area contributed by atoms with Gasteiger partial charge in [0.05, 0.1) is 26.9 Å². The zero-order chi connectivity index (χ0) is 15.4. The van der Waals surface area contributed by atoms with Gasteiger partial charge in [-0.2, -0.15) is 0 Å². The number of methoxy groups -OCH3 is 2. The van der Waals surface area contributed by atoms with Crippen molar-refractivity contribution in [3.63, 3.8) is 0 Å². The molecule has 0 saturated carbocycles. The van der Waals surface area contributed by atoms with Gasteiger partial charge in [0.25, 0.3) is 5.22 Å². The van der Waals surface area contributed by atoms with Crippen LogP contribution < -0.4 is 9.47 Å². The number of thioether (sulfide) groups is 1. The lowest BCUT2D eigenvalue weighted by Gasteiger charge is -2.07. The summed E-state index contributed by atoms with van der Waals surface area (Å²) in [4.78, 5) is 0. The van der Waals surface area contributed by atoms with Crippen molar-refractivity contribution in [2.45, 2.75) is 11.3 Å². The Kier molecular flexibility index (Phi) is 4.81. The normalized spacial score (nSPS) is 17.6. The van der Waals surface area contributed by atoms with Gasteiger partial charge in [-0.25, -0.2) is 0 Å². The maximum Gasteiger partial charge on any atom is 0.276 e. The molecule has 1 atom stereocenters. The molecule has 1 aromatic heterocycles. The Hall–Kier alpha value is -1.77. The summed E-state index contributed by atoms with van der Waals surface area (Å²) in [5.74, 6) is 2.42. The summed E-state index contributed by atoms with van der Waals surface area (Å²) < 4.78 is 26.6. The second kappa shape index (κ2) is 6.99. The SMILES string of the molecule is COc1ccc(-c2nnc(SC[C@@H]3COCO3)o2)cc1OC. The smallest absolute Gasteiger partial charge is 0.276 e. The fraction of sp³-hybridized carbons (Fsp3) is 0.429. The third-order valence-electron chi connectivity index (χ3n) is 3.12. The van der Waals surface area contributed by atoms with E-state index in [1.807, 2.05) is 6.07 Å². The molecular formula is C14H16N2O5S. The molecule has 1 saturated heterocycles. The van der Waals surface area contributed by atoms with Crippen LogP contribution >= 0.6 is 11.8 Å². The zero-order valence-electron chi connectivity index (χ0n) is 12.3. The first-order chi connectivity index (χ1) is 10.8. The van der Waals surface area contributed by atoms with Crippen molar-refractivity contribution in [2.75, 3.05) is 33.4 Å². The van der Waals surface area contributed by atoms with E-state index in [2.05, 4.69) is 10.2 Å². The fourth-order valence-corrected chi connectivity index (χ4v) is 2.74. The molecule has 0 aliphatic carbocycles. The highest BCUT2D eigenvalue weighted by Crippen LogP contribution is 2.32. The van der Waals surface area contributed by atoms with Crippen LogP contribution in [0.15, 0.2) is 27.8 Å². The van der Waals surface area contributed by atoms with E-state index >= 15 is 0 Å². The molecule has 7 nitrogen and oxygen atoms in total. The van der Waals surface area contributed by atoms with Crippen LogP contribution in [0, 0.1) is 0 Å². The number of benzene rings is 1. The van der Waals surface area contributed by atoms with Crippen LogP contribution in [0.25, 0.3) is 11.5 Å². The highest BCUT2D eigenvalue weighted by atomic mass is 32.2. The Morgan fingerprint density at radius 2 is 2.09 bits per heavy atom. The van der Waals surface area contributed by atoms with Gasteiger partial charge in [0.2, 0.25) is 5.89 Å². The van der Waals surface area contributed by atoms with E-state index < -0.39 is 0 Å². The van der Waals surface area contributed by atoms with Gasteiger partial charge in [-0.15, -0.1) is 10.2 Å². The lowest BCUT2D eigenvalue weighted by atomic mass is 10.2. The molecule has 118 valence electrons. The maximum atomic E-state index is 5.65. The van der Waals surface area contributed by atoms with Crippen LogP contribution in [0.5, 0.6) is 11.5 Å². The topological polar surface area (TPSA) is 75.8 Å². The predicted molar refractivity (Wildman–Crippen MR) is 79.3 cm³/mol. The average Bonchev–Trinajstić information content (AvgIpc) is 3.23. The van der Waals surface area contributed by atoms with Crippen molar-refractivity contribution >= 4 is 11.8 Å². The molecule has 0 spiro atoms. The lowest BCUT2D eigenvalue weighted by Crippen LogP contribution is -2.12. The molecular weight excluding hydrogens is 308 g/mol. The number of nitrogens with zero attached hydrogens (tertiary/aromatic N) is 2.